The van der Waals surface area contributed by atoms with Crippen LogP contribution in [0.25, 0.3) is 0 Å². The first-order chi connectivity index (χ1) is 8.93. The number of hydrogen-bond donors (Lipinski definition) is 2. The summed E-state index contributed by atoms with van der Waals surface area (Å²) in [5.74, 6) is 0.877. The smallest absolute Gasteiger partial charge is 0.138 e. The Morgan fingerprint density at radius 2 is 2.00 bits per heavy atom. The molecule has 0 saturated carbocycles. The van der Waals surface area contributed by atoms with Gasteiger partial charge < -0.3 is 15.2 Å². The maximum absolute atomic E-state index is 9.37. The highest BCUT2D eigenvalue weighted by Gasteiger charge is 2.12. The van der Waals surface area contributed by atoms with E-state index >= 15 is 0 Å². The summed E-state index contributed by atoms with van der Waals surface area (Å²) >= 11 is 7.02. The molecule has 0 aromatic heterocycles. The van der Waals surface area contributed by atoms with Crippen molar-refractivity contribution in [2.24, 2.45) is 0 Å². The molecular weight excluding hydrogens is 374 g/mol. The number of benzene rings is 1. The van der Waals surface area contributed by atoms with Crippen molar-refractivity contribution in [3.8, 4) is 5.75 Å². The van der Waals surface area contributed by atoms with E-state index in [0.717, 1.165) is 26.7 Å². The standard InChI is InChI=1S/C14H21Br2NO2/c1-4-19-14-11(6-12(15)7-13(14)16)8-17-9(2)5-10(3)18/h6-7,9-10,17-18H,4-5,8H2,1-3H3. The van der Waals surface area contributed by atoms with E-state index in [4.69, 9.17) is 4.74 Å². The Kier molecular flexibility index (Phi) is 7.36. The number of halogens is 2. The van der Waals surface area contributed by atoms with Crippen LogP contribution in [0.3, 0.4) is 0 Å². The lowest BCUT2D eigenvalue weighted by molar-refractivity contribution is 0.170. The van der Waals surface area contributed by atoms with Crippen LogP contribution in [0.5, 0.6) is 5.75 Å². The van der Waals surface area contributed by atoms with Crippen molar-refractivity contribution < 1.29 is 9.84 Å². The molecule has 2 unspecified atom stereocenters. The number of aliphatic hydroxyl groups excluding tert-OH is 1. The highest BCUT2D eigenvalue weighted by Crippen LogP contribution is 2.33. The first kappa shape index (κ1) is 17.0. The van der Waals surface area contributed by atoms with Crippen LogP contribution in [-0.4, -0.2) is 23.9 Å². The van der Waals surface area contributed by atoms with Crippen LogP contribution in [-0.2, 0) is 6.54 Å². The predicted octanol–water partition coefficient (Wildman–Crippen LogP) is 3.86. The average molecular weight is 395 g/mol. The van der Waals surface area contributed by atoms with Crippen LogP contribution < -0.4 is 10.1 Å². The fourth-order valence-corrected chi connectivity index (χ4v) is 3.36. The minimum atomic E-state index is -0.289. The molecule has 0 aliphatic heterocycles. The lowest BCUT2D eigenvalue weighted by atomic mass is 10.1. The second-order valence-corrected chi connectivity index (χ2v) is 6.45. The molecule has 0 radical (unpaired) electrons. The lowest BCUT2D eigenvalue weighted by Crippen LogP contribution is -2.28. The zero-order valence-electron chi connectivity index (χ0n) is 11.5. The van der Waals surface area contributed by atoms with Gasteiger partial charge in [-0.25, -0.2) is 0 Å². The zero-order chi connectivity index (χ0) is 14.4. The van der Waals surface area contributed by atoms with E-state index in [2.05, 4.69) is 50.2 Å². The van der Waals surface area contributed by atoms with Crippen molar-refractivity contribution in [3.63, 3.8) is 0 Å². The van der Waals surface area contributed by atoms with Gasteiger partial charge in [0.05, 0.1) is 17.2 Å². The molecule has 108 valence electrons. The van der Waals surface area contributed by atoms with Gasteiger partial charge in [0.25, 0.3) is 0 Å². The number of nitrogens with one attached hydrogen (secondary N) is 1. The summed E-state index contributed by atoms with van der Waals surface area (Å²) in [7, 11) is 0. The predicted molar refractivity (Wildman–Crippen MR) is 85.6 cm³/mol. The summed E-state index contributed by atoms with van der Waals surface area (Å²) in [6.45, 7) is 7.19. The molecular formula is C14H21Br2NO2. The van der Waals surface area contributed by atoms with Gasteiger partial charge in [-0.1, -0.05) is 15.9 Å². The maximum atomic E-state index is 9.37. The molecule has 0 spiro atoms. The Morgan fingerprint density at radius 1 is 1.32 bits per heavy atom. The average Bonchev–Trinajstić information content (AvgIpc) is 2.29. The molecule has 0 aliphatic carbocycles. The lowest BCUT2D eigenvalue weighted by Gasteiger charge is -2.18. The summed E-state index contributed by atoms with van der Waals surface area (Å²) in [5.41, 5.74) is 1.10. The molecule has 0 amide bonds. The monoisotopic (exact) mass is 393 g/mol. The van der Waals surface area contributed by atoms with Crippen molar-refractivity contribution in [1.82, 2.24) is 5.32 Å². The van der Waals surface area contributed by atoms with Crippen LogP contribution in [0, 0.1) is 0 Å². The molecule has 0 aliphatic rings. The van der Waals surface area contributed by atoms with E-state index in [1.807, 2.05) is 13.0 Å². The highest BCUT2D eigenvalue weighted by molar-refractivity contribution is 9.11. The Bertz CT molecular complexity index is 411. The first-order valence-corrected chi connectivity index (χ1v) is 8.04. The summed E-state index contributed by atoms with van der Waals surface area (Å²) < 4.78 is 7.64. The Hall–Kier alpha value is -0.100. The van der Waals surface area contributed by atoms with E-state index in [-0.39, 0.29) is 12.1 Å². The van der Waals surface area contributed by atoms with Gasteiger partial charge in [-0.05, 0) is 55.3 Å². The molecule has 0 fully saturated rings. The summed E-state index contributed by atoms with van der Waals surface area (Å²) in [6.07, 6.45) is 0.446. The van der Waals surface area contributed by atoms with Crippen LogP contribution in [0.1, 0.15) is 32.8 Å². The fraction of sp³-hybridized carbons (Fsp3) is 0.571. The highest BCUT2D eigenvalue weighted by atomic mass is 79.9. The minimum absolute atomic E-state index is 0.257. The number of aliphatic hydroxyl groups is 1. The van der Waals surface area contributed by atoms with Crippen LogP contribution >= 0.6 is 31.9 Å². The van der Waals surface area contributed by atoms with Crippen LogP contribution in [0.2, 0.25) is 0 Å². The third kappa shape index (κ3) is 5.81. The molecule has 0 bridgehead atoms. The molecule has 0 heterocycles. The number of rotatable bonds is 7. The Balaban J connectivity index is 2.76. The number of hydrogen-bond acceptors (Lipinski definition) is 3. The van der Waals surface area contributed by atoms with Crippen molar-refractivity contribution in [3.05, 3.63) is 26.6 Å². The second kappa shape index (κ2) is 8.25. The molecule has 1 aromatic carbocycles. The van der Waals surface area contributed by atoms with Crippen LogP contribution in [0.15, 0.2) is 21.1 Å². The summed E-state index contributed by atoms with van der Waals surface area (Å²) in [5, 5.41) is 12.8. The maximum Gasteiger partial charge on any atom is 0.138 e. The zero-order valence-corrected chi connectivity index (χ0v) is 14.7. The second-order valence-electron chi connectivity index (χ2n) is 4.68. The van der Waals surface area contributed by atoms with Crippen molar-refractivity contribution in [1.29, 1.82) is 0 Å². The molecule has 1 rings (SSSR count). The molecule has 2 atom stereocenters. The van der Waals surface area contributed by atoms with Gasteiger partial charge in [-0.2, -0.15) is 0 Å². The van der Waals surface area contributed by atoms with Crippen molar-refractivity contribution in [2.45, 2.75) is 45.9 Å². The Morgan fingerprint density at radius 3 is 2.58 bits per heavy atom. The summed E-state index contributed by atoms with van der Waals surface area (Å²) in [6, 6.07) is 4.29. The van der Waals surface area contributed by atoms with E-state index in [9.17, 15) is 5.11 Å². The third-order valence-electron chi connectivity index (χ3n) is 2.71. The largest absolute Gasteiger partial charge is 0.492 e. The Labute approximate surface area is 132 Å². The van der Waals surface area contributed by atoms with Gasteiger partial charge in [0.2, 0.25) is 0 Å². The van der Waals surface area contributed by atoms with Crippen LogP contribution in [0.4, 0.5) is 0 Å². The van der Waals surface area contributed by atoms with Crippen molar-refractivity contribution in [2.75, 3.05) is 6.61 Å². The van der Waals surface area contributed by atoms with Gasteiger partial charge >= 0.3 is 0 Å². The first-order valence-electron chi connectivity index (χ1n) is 6.46. The molecule has 3 nitrogen and oxygen atoms in total. The molecule has 0 saturated heterocycles. The van der Waals surface area contributed by atoms with Gasteiger partial charge in [0.1, 0.15) is 5.75 Å². The quantitative estimate of drug-likeness (QED) is 0.737. The fourth-order valence-electron chi connectivity index (χ4n) is 1.93. The topological polar surface area (TPSA) is 41.5 Å². The van der Waals surface area contributed by atoms with Gasteiger partial charge in [-0.3, -0.25) is 0 Å². The van der Waals surface area contributed by atoms with Gasteiger partial charge in [0, 0.05) is 22.6 Å². The normalized spacial score (nSPS) is 14.2. The van der Waals surface area contributed by atoms with E-state index in [0.29, 0.717) is 13.2 Å². The minimum Gasteiger partial charge on any atom is -0.492 e. The molecule has 2 N–H and O–H groups in total. The van der Waals surface area contributed by atoms with E-state index < -0.39 is 0 Å². The number of ether oxygens (including phenoxy) is 1. The summed E-state index contributed by atoms with van der Waals surface area (Å²) in [4.78, 5) is 0. The SMILES string of the molecule is CCOc1c(Br)cc(Br)cc1CNC(C)CC(C)O. The van der Waals surface area contributed by atoms with Gasteiger partial charge in [0.15, 0.2) is 0 Å². The molecule has 19 heavy (non-hydrogen) atoms. The molecule has 5 heteroatoms. The van der Waals surface area contributed by atoms with E-state index in [1.165, 1.54) is 0 Å². The van der Waals surface area contributed by atoms with E-state index in [1.54, 1.807) is 6.92 Å². The molecule has 1 aromatic rings. The van der Waals surface area contributed by atoms with Crippen molar-refractivity contribution >= 4 is 31.9 Å². The third-order valence-corrected chi connectivity index (χ3v) is 3.76. The van der Waals surface area contributed by atoms with Gasteiger partial charge in [-0.15, -0.1) is 0 Å².